The lowest BCUT2D eigenvalue weighted by atomic mass is 10.0. The summed E-state index contributed by atoms with van der Waals surface area (Å²) in [5.74, 6) is -1.44. The van der Waals surface area contributed by atoms with Crippen LogP contribution in [-0.2, 0) is 14.3 Å². The number of nitrogens with zero attached hydrogens (tertiary/aromatic N) is 1. The van der Waals surface area contributed by atoms with Crippen molar-refractivity contribution < 1.29 is 19.1 Å². The minimum atomic E-state index is -0.637. The van der Waals surface area contributed by atoms with E-state index in [1.54, 1.807) is 6.07 Å². The third-order valence-corrected chi connectivity index (χ3v) is 4.09. The molecule has 1 atom stereocenters. The molecule has 0 spiro atoms. The maximum atomic E-state index is 12.2. The topological polar surface area (TPSA) is 108 Å². The molecule has 2 rings (SSSR count). The third-order valence-electron chi connectivity index (χ3n) is 4.09. The van der Waals surface area contributed by atoms with Crippen molar-refractivity contribution in [3.63, 3.8) is 0 Å². The highest BCUT2D eigenvalue weighted by molar-refractivity contribution is 5.94. The van der Waals surface area contributed by atoms with E-state index in [9.17, 15) is 14.4 Å². The van der Waals surface area contributed by atoms with E-state index in [0.29, 0.717) is 5.69 Å². The summed E-state index contributed by atoms with van der Waals surface area (Å²) in [6.07, 6.45) is 1.43. The van der Waals surface area contributed by atoms with Crippen LogP contribution in [0.1, 0.15) is 48.1 Å². The zero-order valence-electron chi connectivity index (χ0n) is 16.2. The van der Waals surface area contributed by atoms with Gasteiger partial charge in [0, 0.05) is 5.69 Å². The number of benzene rings is 2. The lowest BCUT2D eigenvalue weighted by Gasteiger charge is -2.18. The average molecular weight is 393 g/mol. The number of carbonyl (C=O) groups excluding carboxylic acids is 3. The van der Waals surface area contributed by atoms with Gasteiger partial charge in [-0.1, -0.05) is 43.7 Å². The summed E-state index contributed by atoms with van der Waals surface area (Å²) >= 11 is 0. The quantitative estimate of drug-likeness (QED) is 0.635. The Kier molecular flexibility index (Phi) is 8.39. The number of esters is 1. The van der Waals surface area contributed by atoms with Gasteiger partial charge in [-0.05, 0) is 36.2 Å². The number of hydrogen-bond acceptors (Lipinski definition) is 5. The van der Waals surface area contributed by atoms with Crippen LogP contribution in [-0.4, -0.2) is 24.4 Å². The fraction of sp³-hybridized carbons (Fsp3) is 0.273. The first-order chi connectivity index (χ1) is 14.0. The molecule has 2 amide bonds. The zero-order chi connectivity index (χ0) is 21.1. The summed E-state index contributed by atoms with van der Waals surface area (Å²) in [4.78, 5) is 35.7. The molecule has 2 aromatic carbocycles. The Bertz CT molecular complexity index is 873. The first-order valence-corrected chi connectivity index (χ1v) is 9.31. The average Bonchev–Trinajstić information content (AvgIpc) is 2.73. The second-order valence-electron chi connectivity index (χ2n) is 6.36. The number of anilines is 1. The van der Waals surface area contributed by atoms with Crippen molar-refractivity contribution >= 4 is 23.5 Å². The Hall–Kier alpha value is -3.66. The van der Waals surface area contributed by atoms with Gasteiger partial charge in [0.2, 0.25) is 5.91 Å². The van der Waals surface area contributed by atoms with Crippen LogP contribution < -0.4 is 10.6 Å². The Balaban J connectivity index is 1.86. The highest BCUT2D eigenvalue weighted by atomic mass is 16.5. The van der Waals surface area contributed by atoms with Gasteiger partial charge in [0.05, 0.1) is 17.7 Å². The third kappa shape index (κ3) is 7.11. The lowest BCUT2D eigenvalue weighted by molar-refractivity contribution is -0.125. The van der Waals surface area contributed by atoms with Crippen LogP contribution >= 0.6 is 0 Å². The van der Waals surface area contributed by atoms with Gasteiger partial charge in [0.15, 0.2) is 6.61 Å². The maximum Gasteiger partial charge on any atom is 0.338 e. The molecule has 0 saturated carbocycles. The number of nitrogens with one attached hydrogen (secondary N) is 2. The molecule has 2 N–H and O–H groups in total. The van der Waals surface area contributed by atoms with E-state index in [-0.39, 0.29) is 30.5 Å². The van der Waals surface area contributed by atoms with Crippen molar-refractivity contribution in [1.82, 2.24) is 5.32 Å². The van der Waals surface area contributed by atoms with E-state index in [4.69, 9.17) is 10.00 Å². The highest BCUT2D eigenvalue weighted by Crippen LogP contribution is 2.18. The molecule has 0 aliphatic carbocycles. The van der Waals surface area contributed by atoms with Crippen molar-refractivity contribution in [3.05, 3.63) is 65.7 Å². The Morgan fingerprint density at radius 2 is 1.72 bits per heavy atom. The van der Waals surface area contributed by atoms with E-state index in [2.05, 4.69) is 10.6 Å². The van der Waals surface area contributed by atoms with E-state index < -0.39 is 11.9 Å². The van der Waals surface area contributed by atoms with Crippen molar-refractivity contribution in [2.45, 2.75) is 32.2 Å². The summed E-state index contributed by atoms with van der Waals surface area (Å²) in [6.45, 7) is 1.65. The van der Waals surface area contributed by atoms with Gasteiger partial charge >= 0.3 is 5.97 Å². The second kappa shape index (κ2) is 11.2. The molecule has 0 aromatic heterocycles. The molecule has 0 heterocycles. The van der Waals surface area contributed by atoms with Crippen LogP contribution in [0.25, 0.3) is 0 Å². The maximum absolute atomic E-state index is 12.2. The predicted molar refractivity (Wildman–Crippen MR) is 108 cm³/mol. The number of rotatable bonds is 9. The number of nitriles is 1. The van der Waals surface area contributed by atoms with E-state index in [0.717, 1.165) is 18.4 Å². The monoisotopic (exact) mass is 393 g/mol. The molecule has 0 unspecified atom stereocenters. The fourth-order valence-corrected chi connectivity index (χ4v) is 2.71. The van der Waals surface area contributed by atoms with Gasteiger partial charge in [-0.15, -0.1) is 0 Å². The standard InChI is InChI=1S/C22H23N3O4/c1-2-6-19(16-7-4-3-5-8-16)25-21(27)15-29-22(28)17-9-11-18(12-10-17)24-20(26)13-14-23/h3-5,7-12,19H,2,6,13,15H2,1H3,(H,24,26)(H,25,27)/t19-/m1/s1. The summed E-state index contributed by atoms with van der Waals surface area (Å²) in [6, 6.07) is 17.3. The first-order valence-electron chi connectivity index (χ1n) is 9.31. The Morgan fingerprint density at radius 1 is 1.03 bits per heavy atom. The number of amides is 2. The van der Waals surface area contributed by atoms with Gasteiger partial charge in [0.1, 0.15) is 6.42 Å². The first kappa shape index (κ1) is 21.6. The molecule has 0 radical (unpaired) electrons. The van der Waals surface area contributed by atoms with Crippen molar-refractivity contribution in [2.75, 3.05) is 11.9 Å². The minimum Gasteiger partial charge on any atom is -0.452 e. The molecular weight excluding hydrogens is 370 g/mol. The highest BCUT2D eigenvalue weighted by Gasteiger charge is 2.16. The largest absolute Gasteiger partial charge is 0.452 e. The molecule has 0 saturated heterocycles. The molecule has 150 valence electrons. The molecule has 7 nitrogen and oxygen atoms in total. The number of ether oxygens (including phenoxy) is 1. The molecule has 0 aliphatic heterocycles. The predicted octanol–water partition coefficient (Wildman–Crippen LogP) is 3.35. The second-order valence-corrected chi connectivity index (χ2v) is 6.36. The van der Waals surface area contributed by atoms with Crippen LogP contribution in [0.4, 0.5) is 5.69 Å². The van der Waals surface area contributed by atoms with E-state index >= 15 is 0 Å². The van der Waals surface area contributed by atoms with E-state index in [1.807, 2.05) is 37.3 Å². The summed E-state index contributed by atoms with van der Waals surface area (Å²) < 4.78 is 5.08. The number of hydrogen-bond donors (Lipinski definition) is 2. The van der Waals surface area contributed by atoms with Crippen LogP contribution in [0, 0.1) is 11.3 Å². The molecule has 7 heteroatoms. The lowest BCUT2D eigenvalue weighted by Crippen LogP contribution is -2.32. The van der Waals surface area contributed by atoms with Crippen LogP contribution in [0.5, 0.6) is 0 Å². The Labute approximate surface area is 169 Å². The molecule has 0 fully saturated rings. The van der Waals surface area contributed by atoms with Gasteiger partial charge in [0.25, 0.3) is 5.91 Å². The van der Waals surface area contributed by atoms with Crippen molar-refractivity contribution in [3.8, 4) is 6.07 Å². The molecule has 29 heavy (non-hydrogen) atoms. The van der Waals surface area contributed by atoms with Crippen LogP contribution in [0.3, 0.4) is 0 Å². The smallest absolute Gasteiger partial charge is 0.338 e. The van der Waals surface area contributed by atoms with Gasteiger partial charge < -0.3 is 15.4 Å². The van der Waals surface area contributed by atoms with Crippen molar-refractivity contribution in [2.24, 2.45) is 0 Å². The molecular formula is C22H23N3O4. The number of carbonyl (C=O) groups is 3. The summed E-state index contributed by atoms with van der Waals surface area (Å²) in [5.41, 5.74) is 1.72. The molecule has 0 bridgehead atoms. The van der Waals surface area contributed by atoms with Crippen molar-refractivity contribution in [1.29, 1.82) is 5.26 Å². The molecule has 2 aromatic rings. The fourth-order valence-electron chi connectivity index (χ4n) is 2.71. The Morgan fingerprint density at radius 3 is 2.34 bits per heavy atom. The normalized spacial score (nSPS) is 11.0. The van der Waals surface area contributed by atoms with Gasteiger partial charge in [-0.2, -0.15) is 5.26 Å². The van der Waals surface area contributed by atoms with Crippen LogP contribution in [0.15, 0.2) is 54.6 Å². The minimum absolute atomic E-state index is 0.135. The van der Waals surface area contributed by atoms with Gasteiger partial charge in [-0.3, -0.25) is 9.59 Å². The summed E-state index contributed by atoms with van der Waals surface area (Å²) in [5, 5.41) is 13.9. The van der Waals surface area contributed by atoms with E-state index in [1.165, 1.54) is 24.3 Å². The van der Waals surface area contributed by atoms with Crippen LogP contribution in [0.2, 0.25) is 0 Å². The zero-order valence-corrected chi connectivity index (χ0v) is 16.2. The molecule has 0 aliphatic rings. The SMILES string of the molecule is CCC[C@@H](NC(=O)COC(=O)c1ccc(NC(=O)CC#N)cc1)c1ccccc1. The summed E-state index contributed by atoms with van der Waals surface area (Å²) in [7, 11) is 0. The van der Waals surface area contributed by atoms with Gasteiger partial charge in [-0.25, -0.2) is 4.79 Å².